The first-order valence-corrected chi connectivity index (χ1v) is 24.9. The minimum absolute atomic E-state index is 0.0185. The Balaban J connectivity index is 2.45. The number of allylic oxidation sites excluding steroid dienone is 9. The summed E-state index contributed by atoms with van der Waals surface area (Å²) in [7, 11) is -5.07. The molecule has 1 fully saturated rings. The van der Waals surface area contributed by atoms with Gasteiger partial charge in [-0.2, -0.15) is 8.42 Å². The van der Waals surface area contributed by atoms with Crippen molar-refractivity contribution in [2.45, 2.75) is 211 Å². The van der Waals surface area contributed by atoms with E-state index >= 15 is 0 Å². The second-order valence-corrected chi connectivity index (χ2v) is 17.0. The van der Waals surface area contributed by atoms with E-state index in [9.17, 15) is 28.5 Å². The summed E-state index contributed by atoms with van der Waals surface area (Å²) in [4.78, 5) is 12.9. The van der Waals surface area contributed by atoms with E-state index in [1.807, 2.05) is 6.08 Å². The van der Waals surface area contributed by atoms with Gasteiger partial charge in [0.15, 0.2) is 6.29 Å². The van der Waals surface area contributed by atoms with E-state index in [0.717, 1.165) is 51.4 Å². The molecule has 61 heavy (non-hydrogen) atoms. The van der Waals surface area contributed by atoms with Gasteiger partial charge in [0.05, 0.1) is 26.4 Å². The molecule has 0 aromatic rings. The number of unbranched alkanes of at least 4 members (excludes halogenated alkanes) is 17. The van der Waals surface area contributed by atoms with Gasteiger partial charge in [-0.15, -0.1) is 0 Å². The summed E-state index contributed by atoms with van der Waals surface area (Å²) < 4.78 is 59.0. The topological polar surface area (TPSA) is 178 Å². The van der Waals surface area contributed by atoms with Crippen LogP contribution in [0.15, 0.2) is 60.8 Å². The minimum atomic E-state index is -5.07. The first-order valence-electron chi connectivity index (χ1n) is 23.5. The maximum absolute atomic E-state index is 12.9. The maximum Gasteiger partial charge on any atom is 0.397 e. The van der Waals surface area contributed by atoms with Crippen molar-refractivity contribution in [1.82, 2.24) is 0 Å². The Kier molecular flexibility index (Phi) is 36.7. The van der Waals surface area contributed by atoms with Gasteiger partial charge in [-0.05, 0) is 44.9 Å². The second kappa shape index (κ2) is 39.4. The number of hydrogen-bond donors (Lipinski definition) is 4. The second-order valence-electron chi connectivity index (χ2n) is 16.0. The Morgan fingerprint density at radius 1 is 0.639 bits per heavy atom. The number of esters is 1. The number of hydrogen-bond acceptors (Lipinski definition) is 11. The Morgan fingerprint density at radius 3 is 1.56 bits per heavy atom. The quantitative estimate of drug-likeness (QED) is 0.0198. The normalized spacial score (nSPS) is 20.7. The predicted octanol–water partition coefficient (Wildman–Crippen LogP) is 10.1. The number of carbonyl (C=O) groups is 1. The molecule has 1 saturated heterocycles. The molecule has 0 aromatic heterocycles. The van der Waals surface area contributed by atoms with Crippen LogP contribution in [0.25, 0.3) is 0 Å². The number of ether oxygens (including phenoxy) is 4. The summed E-state index contributed by atoms with van der Waals surface area (Å²) >= 11 is 0. The van der Waals surface area contributed by atoms with E-state index in [1.165, 1.54) is 89.9 Å². The monoisotopic (exact) mass is 885 g/mol. The molecule has 6 unspecified atom stereocenters. The summed E-state index contributed by atoms with van der Waals surface area (Å²) in [5, 5.41) is 30.7. The van der Waals surface area contributed by atoms with Gasteiger partial charge >= 0.3 is 16.4 Å². The van der Waals surface area contributed by atoms with Crippen molar-refractivity contribution in [2.75, 3.05) is 26.4 Å². The van der Waals surface area contributed by atoms with Crippen LogP contribution in [0.1, 0.15) is 174 Å². The Morgan fingerprint density at radius 2 is 1.10 bits per heavy atom. The first kappa shape index (κ1) is 56.8. The van der Waals surface area contributed by atoms with Gasteiger partial charge in [0.2, 0.25) is 0 Å². The fraction of sp³-hybridized carbons (Fsp3) is 0.771. The summed E-state index contributed by atoms with van der Waals surface area (Å²) in [6.45, 7) is 3.66. The average Bonchev–Trinajstić information content (AvgIpc) is 3.23. The molecule has 1 aliphatic rings. The smallest absolute Gasteiger partial charge is 0.397 e. The molecule has 6 atom stereocenters. The Labute approximate surface area is 369 Å². The van der Waals surface area contributed by atoms with Crippen LogP contribution in [0.2, 0.25) is 0 Å². The Hall–Kier alpha value is -2.20. The predicted molar refractivity (Wildman–Crippen MR) is 243 cm³/mol. The van der Waals surface area contributed by atoms with E-state index in [2.05, 4.69) is 72.7 Å². The van der Waals surface area contributed by atoms with Crippen LogP contribution in [0, 0.1) is 0 Å². The lowest BCUT2D eigenvalue weighted by atomic mass is 9.99. The van der Waals surface area contributed by atoms with Gasteiger partial charge in [0.1, 0.15) is 30.5 Å². The van der Waals surface area contributed by atoms with E-state index in [1.54, 1.807) is 0 Å². The Bertz CT molecular complexity index is 1300. The van der Waals surface area contributed by atoms with Crippen LogP contribution < -0.4 is 0 Å². The molecule has 1 heterocycles. The SMILES string of the molecule is CC/C=C\C/C=C\C/C=C\C/C=C\C/C=C\CCOCC(COC1OC(CO)C(O)C(OS(=O)(=O)O)C1O)OC(=O)CCCCCCCCCCCCCCCCCCCC. The molecular formula is C48H84O12S. The lowest BCUT2D eigenvalue weighted by Gasteiger charge is -2.41. The summed E-state index contributed by atoms with van der Waals surface area (Å²) in [5.74, 6) is -0.423. The highest BCUT2D eigenvalue weighted by Gasteiger charge is 2.48. The van der Waals surface area contributed by atoms with E-state index in [0.29, 0.717) is 19.4 Å². The summed E-state index contributed by atoms with van der Waals surface area (Å²) in [5.41, 5.74) is 0. The van der Waals surface area contributed by atoms with Gasteiger partial charge in [-0.1, -0.05) is 184 Å². The zero-order valence-corrected chi connectivity index (χ0v) is 38.5. The fourth-order valence-corrected chi connectivity index (χ4v) is 7.42. The molecular weight excluding hydrogens is 801 g/mol. The molecule has 0 spiro atoms. The highest BCUT2D eigenvalue weighted by atomic mass is 32.3. The fourth-order valence-electron chi connectivity index (χ4n) is 6.91. The molecule has 0 aliphatic carbocycles. The molecule has 1 rings (SSSR count). The van der Waals surface area contributed by atoms with Crippen LogP contribution in [0.5, 0.6) is 0 Å². The molecule has 1 aliphatic heterocycles. The standard InChI is InChI=1S/C48H84O12S/c1-3-5-7-9-11-13-15-17-19-21-22-23-25-27-29-31-33-35-37-44(50)58-42(41-57-48-46(52)47(60-61(53,54)55)45(51)43(39-49)59-48)40-56-38-36-34-32-30-28-26-24-20-18-16-14-12-10-8-6-4-2/h6,8,12,14,18,20,26,28,32,34,42-43,45-49,51-52H,3-5,7,9-11,13,15-17,19,21-25,27,29-31,33,35-41H2,1-2H3,(H,53,54,55)/b8-6-,14-12-,20-18-,28-26-,34-32-. The number of aliphatic hydroxyl groups is 3. The van der Waals surface area contributed by atoms with Crippen LogP contribution in [0.3, 0.4) is 0 Å². The lowest BCUT2D eigenvalue weighted by Crippen LogP contribution is -2.60. The largest absolute Gasteiger partial charge is 0.457 e. The maximum atomic E-state index is 12.9. The van der Waals surface area contributed by atoms with Crippen molar-refractivity contribution in [3.63, 3.8) is 0 Å². The number of carbonyl (C=O) groups excluding carboxylic acids is 1. The molecule has 13 heteroatoms. The van der Waals surface area contributed by atoms with Gasteiger partial charge in [0.25, 0.3) is 0 Å². The van der Waals surface area contributed by atoms with Gasteiger partial charge in [0, 0.05) is 6.42 Å². The van der Waals surface area contributed by atoms with Crippen molar-refractivity contribution in [1.29, 1.82) is 0 Å². The number of aliphatic hydroxyl groups excluding tert-OH is 3. The third-order valence-electron chi connectivity index (χ3n) is 10.4. The minimum Gasteiger partial charge on any atom is -0.457 e. The van der Waals surface area contributed by atoms with Crippen molar-refractivity contribution >= 4 is 16.4 Å². The molecule has 0 saturated carbocycles. The van der Waals surface area contributed by atoms with Gasteiger partial charge in [-0.3, -0.25) is 9.35 Å². The highest BCUT2D eigenvalue weighted by molar-refractivity contribution is 7.80. The van der Waals surface area contributed by atoms with Crippen LogP contribution in [0.4, 0.5) is 0 Å². The van der Waals surface area contributed by atoms with E-state index in [4.69, 9.17) is 23.5 Å². The summed E-state index contributed by atoms with van der Waals surface area (Å²) in [6, 6.07) is 0. The molecule has 0 amide bonds. The highest BCUT2D eigenvalue weighted by Crippen LogP contribution is 2.26. The van der Waals surface area contributed by atoms with Crippen molar-refractivity contribution in [2.24, 2.45) is 0 Å². The van der Waals surface area contributed by atoms with Crippen LogP contribution in [-0.2, 0) is 38.3 Å². The zero-order chi connectivity index (χ0) is 44.7. The molecule has 12 nitrogen and oxygen atoms in total. The van der Waals surface area contributed by atoms with E-state index < -0.39 is 59.8 Å². The third kappa shape index (κ3) is 33.0. The molecule has 0 bridgehead atoms. The molecule has 0 radical (unpaired) electrons. The summed E-state index contributed by atoms with van der Waals surface area (Å²) in [6.07, 6.45) is 39.9. The number of rotatable bonds is 40. The van der Waals surface area contributed by atoms with Crippen molar-refractivity contribution < 1.29 is 56.2 Å². The zero-order valence-electron chi connectivity index (χ0n) is 37.7. The van der Waals surface area contributed by atoms with Gasteiger partial charge < -0.3 is 34.3 Å². The van der Waals surface area contributed by atoms with Crippen LogP contribution >= 0.6 is 0 Å². The average molecular weight is 885 g/mol. The van der Waals surface area contributed by atoms with E-state index in [-0.39, 0.29) is 19.6 Å². The lowest BCUT2D eigenvalue weighted by molar-refractivity contribution is -0.301. The third-order valence-corrected chi connectivity index (χ3v) is 10.9. The van der Waals surface area contributed by atoms with Gasteiger partial charge in [-0.25, -0.2) is 4.18 Å². The van der Waals surface area contributed by atoms with Crippen LogP contribution in [-0.4, -0.2) is 97.5 Å². The van der Waals surface area contributed by atoms with Crippen molar-refractivity contribution in [3.05, 3.63) is 60.8 Å². The first-order chi connectivity index (χ1) is 29.6. The van der Waals surface area contributed by atoms with Crippen molar-refractivity contribution in [3.8, 4) is 0 Å². The molecule has 4 N–H and O–H groups in total. The molecule has 354 valence electrons. The molecule has 0 aromatic carbocycles.